The third-order valence-electron chi connectivity index (χ3n) is 4.33. The molecule has 0 saturated heterocycles. The van der Waals surface area contributed by atoms with Crippen molar-refractivity contribution < 1.29 is 0 Å². The monoisotopic (exact) mass is 250 g/mol. The molecule has 0 aromatic rings. The van der Waals surface area contributed by atoms with E-state index < -0.39 is 0 Å². The van der Waals surface area contributed by atoms with Crippen LogP contribution in [0.25, 0.3) is 0 Å². The molecule has 1 aliphatic carbocycles. The summed E-state index contributed by atoms with van der Waals surface area (Å²) in [6.07, 6.45) is 4.84. The molecule has 1 saturated carbocycles. The summed E-state index contributed by atoms with van der Waals surface area (Å²) in [6.45, 7) is 12.5. The molecule has 0 heterocycles. The second-order valence-electron chi connectivity index (χ2n) is 6.57. The van der Waals surface area contributed by atoms with E-state index in [1.54, 1.807) is 0 Å². The molecule has 2 heteroatoms. The highest BCUT2D eigenvalue weighted by molar-refractivity contribution is 4.98. The van der Waals surface area contributed by atoms with Crippen LogP contribution in [-0.2, 0) is 0 Å². The first kappa shape index (κ1) is 15.5. The van der Waals surface area contributed by atoms with Crippen molar-refractivity contribution in [3.05, 3.63) is 0 Å². The molecule has 1 fully saturated rings. The average Bonchev–Trinajstić information content (AvgIpc) is 2.34. The molecule has 18 heavy (non-hydrogen) atoms. The van der Waals surface area contributed by atoms with E-state index in [0.717, 1.165) is 18.9 Å². The van der Waals surface area contributed by atoms with Gasteiger partial charge in [-0.25, -0.2) is 0 Å². The van der Waals surface area contributed by atoms with Gasteiger partial charge in [0, 0.05) is 18.6 Å². The molecule has 0 bridgehead atoms. The van der Waals surface area contributed by atoms with Gasteiger partial charge in [-0.3, -0.25) is 4.90 Å². The first-order chi connectivity index (χ1) is 8.49. The summed E-state index contributed by atoms with van der Waals surface area (Å²) in [7, 11) is 0. The van der Waals surface area contributed by atoms with E-state index >= 15 is 0 Å². The van der Waals surface area contributed by atoms with E-state index in [0.29, 0.717) is 18.0 Å². The van der Waals surface area contributed by atoms with E-state index in [1.807, 2.05) is 0 Å². The van der Waals surface area contributed by atoms with Gasteiger partial charge in [0.1, 0.15) is 0 Å². The molecule has 2 nitrogen and oxygen atoms in total. The third-order valence-corrected chi connectivity index (χ3v) is 4.33. The summed E-state index contributed by atoms with van der Waals surface area (Å²) in [5, 5.41) is 9.41. The van der Waals surface area contributed by atoms with Crippen molar-refractivity contribution in [2.24, 2.45) is 17.8 Å². The van der Waals surface area contributed by atoms with Crippen molar-refractivity contribution in [2.75, 3.05) is 6.54 Å². The largest absolute Gasteiger partial charge is 0.296 e. The van der Waals surface area contributed by atoms with E-state index in [4.69, 9.17) is 0 Å². The summed E-state index contributed by atoms with van der Waals surface area (Å²) in [5.41, 5.74) is 0. The van der Waals surface area contributed by atoms with Gasteiger partial charge in [0.25, 0.3) is 0 Å². The minimum Gasteiger partial charge on any atom is -0.296 e. The Bertz CT molecular complexity index is 277. The number of hydrogen-bond donors (Lipinski definition) is 0. The van der Waals surface area contributed by atoms with Gasteiger partial charge in [-0.2, -0.15) is 5.26 Å². The van der Waals surface area contributed by atoms with Crippen LogP contribution in [0.1, 0.15) is 60.3 Å². The van der Waals surface area contributed by atoms with Crippen molar-refractivity contribution in [1.82, 2.24) is 4.90 Å². The Kier molecular flexibility index (Phi) is 6.15. The summed E-state index contributed by atoms with van der Waals surface area (Å²) in [6, 6.07) is 3.59. The summed E-state index contributed by atoms with van der Waals surface area (Å²) in [5.74, 6) is 1.75. The highest BCUT2D eigenvalue weighted by Crippen LogP contribution is 2.34. The fourth-order valence-electron chi connectivity index (χ4n) is 3.27. The van der Waals surface area contributed by atoms with Crippen LogP contribution in [0.4, 0.5) is 0 Å². The highest BCUT2D eigenvalue weighted by atomic mass is 15.2. The molecule has 104 valence electrons. The summed E-state index contributed by atoms with van der Waals surface area (Å²) < 4.78 is 0. The van der Waals surface area contributed by atoms with E-state index in [9.17, 15) is 5.26 Å². The maximum atomic E-state index is 9.41. The molecule has 1 aliphatic rings. The molecule has 0 aromatic heterocycles. The molecule has 0 aromatic carbocycles. The van der Waals surface area contributed by atoms with Crippen molar-refractivity contribution in [3.63, 3.8) is 0 Å². The smallest absolute Gasteiger partial charge is 0.0672 e. The van der Waals surface area contributed by atoms with E-state index in [2.05, 4.69) is 45.6 Å². The first-order valence-corrected chi connectivity index (χ1v) is 7.64. The zero-order valence-corrected chi connectivity index (χ0v) is 12.8. The van der Waals surface area contributed by atoms with Gasteiger partial charge in [-0.15, -0.1) is 0 Å². The Morgan fingerprint density at radius 1 is 1.22 bits per heavy atom. The Hall–Kier alpha value is -0.550. The van der Waals surface area contributed by atoms with Crippen LogP contribution in [0, 0.1) is 29.1 Å². The van der Waals surface area contributed by atoms with Crippen LogP contribution in [0.2, 0.25) is 0 Å². The molecule has 1 rings (SSSR count). The van der Waals surface area contributed by atoms with Crippen LogP contribution in [0.3, 0.4) is 0 Å². The van der Waals surface area contributed by atoms with E-state index in [-0.39, 0.29) is 5.92 Å². The van der Waals surface area contributed by atoms with Gasteiger partial charge >= 0.3 is 0 Å². The van der Waals surface area contributed by atoms with Crippen molar-refractivity contribution in [3.8, 4) is 6.07 Å². The molecular formula is C16H30N2. The second kappa shape index (κ2) is 7.14. The molecule has 0 radical (unpaired) electrons. The standard InChI is InChI=1S/C16H30N2/c1-6-14-7-8-15(10-17)16(9-14)18(13(4)5)11-12(2)3/h12-16H,6-9,11H2,1-5H3. The summed E-state index contributed by atoms with van der Waals surface area (Å²) >= 11 is 0. The van der Waals surface area contributed by atoms with Crippen LogP contribution < -0.4 is 0 Å². The lowest BCUT2D eigenvalue weighted by Crippen LogP contribution is -2.48. The lowest BCUT2D eigenvalue weighted by atomic mass is 9.76. The zero-order chi connectivity index (χ0) is 13.7. The number of rotatable bonds is 5. The maximum absolute atomic E-state index is 9.41. The predicted octanol–water partition coefficient (Wildman–Crippen LogP) is 4.07. The lowest BCUT2D eigenvalue weighted by molar-refractivity contribution is 0.0628. The molecular weight excluding hydrogens is 220 g/mol. The molecule has 0 spiro atoms. The van der Waals surface area contributed by atoms with Crippen LogP contribution in [-0.4, -0.2) is 23.5 Å². The van der Waals surface area contributed by atoms with Crippen molar-refractivity contribution in [2.45, 2.75) is 72.4 Å². The fourth-order valence-corrected chi connectivity index (χ4v) is 3.27. The fraction of sp³-hybridized carbons (Fsp3) is 0.938. The van der Waals surface area contributed by atoms with Crippen molar-refractivity contribution >= 4 is 0 Å². The quantitative estimate of drug-likeness (QED) is 0.735. The highest BCUT2D eigenvalue weighted by Gasteiger charge is 2.35. The third kappa shape index (κ3) is 3.99. The van der Waals surface area contributed by atoms with Gasteiger partial charge < -0.3 is 0 Å². The summed E-state index contributed by atoms with van der Waals surface area (Å²) in [4.78, 5) is 2.58. The Labute approximate surface area is 113 Å². The van der Waals surface area contributed by atoms with Gasteiger partial charge in [0.05, 0.1) is 12.0 Å². The van der Waals surface area contributed by atoms with Crippen LogP contribution in [0.5, 0.6) is 0 Å². The SMILES string of the molecule is CCC1CCC(C#N)C(N(CC(C)C)C(C)C)C1. The number of nitriles is 1. The van der Waals surface area contributed by atoms with Gasteiger partial charge in [-0.1, -0.05) is 27.2 Å². The molecule has 0 amide bonds. The Balaban J connectivity index is 2.80. The molecule has 0 N–H and O–H groups in total. The van der Waals surface area contributed by atoms with Gasteiger partial charge in [0.2, 0.25) is 0 Å². The van der Waals surface area contributed by atoms with Gasteiger partial charge in [0.15, 0.2) is 0 Å². The van der Waals surface area contributed by atoms with Crippen LogP contribution in [0.15, 0.2) is 0 Å². The molecule has 0 aliphatic heterocycles. The maximum Gasteiger partial charge on any atom is 0.0672 e. The van der Waals surface area contributed by atoms with Gasteiger partial charge in [-0.05, 0) is 44.9 Å². The second-order valence-corrected chi connectivity index (χ2v) is 6.57. The van der Waals surface area contributed by atoms with Crippen molar-refractivity contribution in [1.29, 1.82) is 5.26 Å². The number of nitrogens with zero attached hydrogens (tertiary/aromatic N) is 2. The van der Waals surface area contributed by atoms with E-state index in [1.165, 1.54) is 19.3 Å². The minimum absolute atomic E-state index is 0.244. The van der Waals surface area contributed by atoms with Crippen LogP contribution >= 0.6 is 0 Å². The molecule has 3 unspecified atom stereocenters. The number of hydrogen-bond acceptors (Lipinski definition) is 2. The molecule has 3 atom stereocenters. The Morgan fingerprint density at radius 2 is 1.89 bits per heavy atom. The zero-order valence-electron chi connectivity index (χ0n) is 12.8. The Morgan fingerprint density at radius 3 is 2.33 bits per heavy atom. The first-order valence-electron chi connectivity index (χ1n) is 7.64. The average molecular weight is 250 g/mol. The minimum atomic E-state index is 0.244. The predicted molar refractivity (Wildman–Crippen MR) is 77.2 cm³/mol. The normalized spacial score (nSPS) is 28.9. The lowest BCUT2D eigenvalue weighted by Gasteiger charge is -2.43. The topological polar surface area (TPSA) is 27.0 Å².